The van der Waals surface area contributed by atoms with Gasteiger partial charge in [0.25, 0.3) is 0 Å². The van der Waals surface area contributed by atoms with Crippen molar-refractivity contribution in [2.24, 2.45) is 0 Å². The number of hydrogen-bond donors (Lipinski definition) is 1. The molecule has 0 saturated heterocycles. The van der Waals surface area contributed by atoms with Crippen molar-refractivity contribution in [1.82, 2.24) is 9.97 Å². The van der Waals surface area contributed by atoms with Crippen LogP contribution in [0.1, 0.15) is 13.3 Å². The van der Waals surface area contributed by atoms with Gasteiger partial charge in [-0.1, -0.05) is 6.08 Å². The molecule has 0 spiro atoms. The quantitative estimate of drug-likeness (QED) is 0.667. The Bertz CT molecular complexity index is 509. The Morgan fingerprint density at radius 3 is 3.19 bits per heavy atom. The molecule has 1 unspecified atom stereocenters. The number of fused-ring (bicyclic) bond motifs is 1. The minimum absolute atomic E-state index is 0.281. The van der Waals surface area contributed by atoms with Crippen LogP contribution in [0.25, 0.3) is 10.2 Å². The van der Waals surface area contributed by atoms with Gasteiger partial charge in [-0.25, -0.2) is 9.97 Å². The third-order valence-corrected chi connectivity index (χ3v) is 3.18. The van der Waals surface area contributed by atoms with Crippen molar-refractivity contribution in [2.45, 2.75) is 19.4 Å². The second-order valence-corrected chi connectivity index (χ2v) is 4.78. The maximum absolute atomic E-state index is 5.87. The van der Waals surface area contributed by atoms with E-state index in [1.54, 1.807) is 11.3 Å². The zero-order chi connectivity index (χ0) is 11.5. The molecule has 2 aromatic rings. The van der Waals surface area contributed by atoms with Crippen LogP contribution in [-0.2, 0) is 0 Å². The molecule has 2 heterocycles. The summed E-state index contributed by atoms with van der Waals surface area (Å²) in [6.07, 6.45) is 2.76. The van der Waals surface area contributed by atoms with Crippen LogP contribution in [0.5, 0.6) is 0 Å². The van der Waals surface area contributed by atoms with E-state index in [-0.39, 0.29) is 11.3 Å². The number of thiophene rings is 1. The van der Waals surface area contributed by atoms with E-state index in [1.807, 2.05) is 17.5 Å². The van der Waals surface area contributed by atoms with Crippen molar-refractivity contribution in [3.63, 3.8) is 0 Å². The summed E-state index contributed by atoms with van der Waals surface area (Å²) in [7, 11) is 0. The molecule has 0 aliphatic carbocycles. The van der Waals surface area contributed by atoms with Gasteiger partial charge < -0.3 is 5.32 Å². The fourth-order valence-corrected chi connectivity index (χ4v) is 2.46. The van der Waals surface area contributed by atoms with Gasteiger partial charge in [0, 0.05) is 6.04 Å². The lowest BCUT2D eigenvalue weighted by molar-refractivity contribution is 0.809. The summed E-state index contributed by atoms with van der Waals surface area (Å²) in [5, 5.41) is 6.60. The van der Waals surface area contributed by atoms with Gasteiger partial charge in [0.05, 0.1) is 5.39 Å². The molecule has 0 fully saturated rings. The number of aromatic nitrogens is 2. The number of halogens is 1. The first kappa shape index (κ1) is 11.4. The molecule has 1 atom stereocenters. The van der Waals surface area contributed by atoms with Gasteiger partial charge in [-0.3, -0.25) is 0 Å². The van der Waals surface area contributed by atoms with E-state index in [4.69, 9.17) is 11.6 Å². The van der Waals surface area contributed by atoms with Gasteiger partial charge in [-0.15, -0.1) is 17.9 Å². The predicted molar refractivity (Wildman–Crippen MR) is 70.3 cm³/mol. The summed E-state index contributed by atoms with van der Waals surface area (Å²) < 4.78 is 0. The second-order valence-electron chi connectivity index (χ2n) is 3.55. The Balaban J connectivity index is 2.35. The van der Waals surface area contributed by atoms with Crippen molar-refractivity contribution < 1.29 is 0 Å². The van der Waals surface area contributed by atoms with Crippen LogP contribution < -0.4 is 5.32 Å². The Morgan fingerprint density at radius 2 is 2.44 bits per heavy atom. The molecule has 0 aromatic carbocycles. The van der Waals surface area contributed by atoms with Crippen LogP contribution in [0.15, 0.2) is 24.1 Å². The Hall–Kier alpha value is -1.13. The second kappa shape index (κ2) is 4.80. The summed E-state index contributed by atoms with van der Waals surface area (Å²) in [6, 6.07) is 2.28. The molecule has 0 aliphatic heterocycles. The zero-order valence-corrected chi connectivity index (χ0v) is 10.5. The molecule has 5 heteroatoms. The van der Waals surface area contributed by atoms with Gasteiger partial charge >= 0.3 is 0 Å². The standard InChI is InChI=1S/C11H12ClN3S/c1-3-4-7(2)13-9-8-5-6-16-10(8)15-11(12)14-9/h3,5-7H,1,4H2,2H3,(H,13,14,15). The maximum Gasteiger partial charge on any atom is 0.225 e. The molecule has 0 radical (unpaired) electrons. The van der Waals surface area contributed by atoms with E-state index < -0.39 is 0 Å². The normalized spacial score (nSPS) is 12.6. The SMILES string of the molecule is C=CCC(C)Nc1nc(Cl)nc2sccc12. The molecule has 0 saturated carbocycles. The maximum atomic E-state index is 5.87. The van der Waals surface area contributed by atoms with Crippen molar-refractivity contribution in [2.75, 3.05) is 5.32 Å². The van der Waals surface area contributed by atoms with Crippen LogP contribution in [0.3, 0.4) is 0 Å². The largest absolute Gasteiger partial charge is 0.367 e. The lowest BCUT2D eigenvalue weighted by Gasteiger charge is -2.13. The van der Waals surface area contributed by atoms with Gasteiger partial charge in [0.2, 0.25) is 5.28 Å². The lowest BCUT2D eigenvalue weighted by Crippen LogP contribution is -2.15. The number of nitrogens with one attached hydrogen (secondary N) is 1. The molecule has 0 aliphatic rings. The predicted octanol–water partition coefficient (Wildman–Crippen LogP) is 3.72. The summed E-state index contributed by atoms with van der Waals surface area (Å²) >= 11 is 7.43. The minimum Gasteiger partial charge on any atom is -0.367 e. The van der Waals surface area contributed by atoms with Gasteiger partial charge in [0.15, 0.2) is 0 Å². The van der Waals surface area contributed by atoms with Crippen LogP contribution >= 0.6 is 22.9 Å². The number of nitrogens with zero attached hydrogens (tertiary/aromatic N) is 2. The highest BCUT2D eigenvalue weighted by atomic mass is 35.5. The summed E-state index contributed by atoms with van der Waals surface area (Å²) in [4.78, 5) is 9.28. The van der Waals surface area contributed by atoms with Crippen LogP contribution in [0.4, 0.5) is 5.82 Å². The first-order chi connectivity index (χ1) is 7.70. The van der Waals surface area contributed by atoms with E-state index in [1.165, 1.54) is 0 Å². The number of hydrogen-bond acceptors (Lipinski definition) is 4. The summed E-state index contributed by atoms with van der Waals surface area (Å²) in [5.41, 5.74) is 0. The van der Waals surface area contributed by atoms with Crippen molar-refractivity contribution >= 4 is 39.0 Å². The number of anilines is 1. The van der Waals surface area contributed by atoms with E-state index >= 15 is 0 Å². The van der Waals surface area contributed by atoms with Crippen molar-refractivity contribution in [3.05, 3.63) is 29.4 Å². The van der Waals surface area contributed by atoms with Gasteiger partial charge in [-0.05, 0) is 36.4 Å². The van der Waals surface area contributed by atoms with E-state index in [9.17, 15) is 0 Å². The summed E-state index contributed by atoms with van der Waals surface area (Å²) in [5.74, 6) is 0.797. The van der Waals surface area contributed by atoms with Crippen LogP contribution in [0.2, 0.25) is 5.28 Å². The smallest absolute Gasteiger partial charge is 0.225 e. The Kier molecular flexibility index (Phi) is 3.41. The number of rotatable bonds is 4. The third kappa shape index (κ3) is 2.33. The molecule has 16 heavy (non-hydrogen) atoms. The highest BCUT2D eigenvalue weighted by Gasteiger charge is 2.09. The Labute approximate surface area is 103 Å². The molecule has 1 N–H and O–H groups in total. The topological polar surface area (TPSA) is 37.8 Å². The zero-order valence-electron chi connectivity index (χ0n) is 8.90. The monoisotopic (exact) mass is 253 g/mol. The highest BCUT2D eigenvalue weighted by Crippen LogP contribution is 2.26. The highest BCUT2D eigenvalue weighted by molar-refractivity contribution is 7.16. The molecule has 0 amide bonds. The first-order valence-electron chi connectivity index (χ1n) is 4.99. The average molecular weight is 254 g/mol. The van der Waals surface area contributed by atoms with E-state index in [0.29, 0.717) is 0 Å². The fourth-order valence-electron chi connectivity index (χ4n) is 1.48. The molecule has 2 rings (SSSR count). The van der Waals surface area contributed by atoms with E-state index in [0.717, 1.165) is 22.5 Å². The minimum atomic E-state index is 0.281. The summed E-state index contributed by atoms with van der Waals surface area (Å²) in [6.45, 7) is 5.79. The molecule has 0 bridgehead atoms. The van der Waals surface area contributed by atoms with Gasteiger partial charge in [-0.2, -0.15) is 0 Å². The lowest BCUT2D eigenvalue weighted by atomic mass is 10.2. The van der Waals surface area contributed by atoms with Crippen LogP contribution in [0, 0.1) is 0 Å². The molecule has 3 nitrogen and oxygen atoms in total. The van der Waals surface area contributed by atoms with E-state index in [2.05, 4.69) is 28.8 Å². The molecular formula is C11H12ClN3S. The van der Waals surface area contributed by atoms with Crippen LogP contribution in [-0.4, -0.2) is 16.0 Å². The molecule has 2 aromatic heterocycles. The Morgan fingerprint density at radius 1 is 1.62 bits per heavy atom. The first-order valence-corrected chi connectivity index (χ1v) is 6.24. The third-order valence-electron chi connectivity index (χ3n) is 2.20. The average Bonchev–Trinajstić information content (AvgIpc) is 2.65. The molecular weight excluding hydrogens is 242 g/mol. The van der Waals surface area contributed by atoms with Crippen molar-refractivity contribution in [3.8, 4) is 0 Å². The van der Waals surface area contributed by atoms with Crippen molar-refractivity contribution in [1.29, 1.82) is 0 Å². The fraction of sp³-hybridized carbons (Fsp3) is 0.273. The van der Waals surface area contributed by atoms with Gasteiger partial charge in [0.1, 0.15) is 10.6 Å². The molecule has 84 valence electrons.